The molecule has 0 amide bonds. The number of benzene rings is 2. The second kappa shape index (κ2) is 9.39. The predicted molar refractivity (Wildman–Crippen MR) is 102 cm³/mol. The van der Waals surface area contributed by atoms with Crippen molar-refractivity contribution in [3.63, 3.8) is 0 Å². The maximum atomic E-state index is 14.7. The summed E-state index contributed by atoms with van der Waals surface area (Å²) in [5.74, 6) is -0.320. The van der Waals surface area contributed by atoms with Crippen molar-refractivity contribution >= 4 is 0 Å². The van der Waals surface area contributed by atoms with Crippen LogP contribution < -0.4 is 14.2 Å². The number of hydrogen-bond acceptors (Lipinski definition) is 6. The van der Waals surface area contributed by atoms with Crippen LogP contribution in [0, 0.1) is 11.6 Å². The third-order valence-corrected chi connectivity index (χ3v) is 5.12. The highest BCUT2D eigenvalue weighted by Gasteiger charge is 2.35. The summed E-state index contributed by atoms with van der Waals surface area (Å²) in [6.45, 7) is 0.528. The molecular weight excluding hydrogens is 384 g/mol. The molecule has 0 spiro atoms. The smallest absolute Gasteiger partial charge is 0.172 e. The number of ether oxygens (including phenoxy) is 4. The summed E-state index contributed by atoms with van der Waals surface area (Å²) in [5, 5.41) is 9.85. The highest BCUT2D eigenvalue weighted by Crippen LogP contribution is 2.37. The number of aliphatic hydroxyl groups is 1. The summed E-state index contributed by atoms with van der Waals surface area (Å²) in [5.41, 5.74) is 0.693. The van der Waals surface area contributed by atoms with Crippen molar-refractivity contribution < 1.29 is 32.8 Å². The summed E-state index contributed by atoms with van der Waals surface area (Å²) >= 11 is 0. The maximum Gasteiger partial charge on any atom is 0.172 e. The minimum Gasteiger partial charge on any atom is -0.494 e. The Kier molecular flexibility index (Phi) is 6.89. The molecule has 1 saturated heterocycles. The summed E-state index contributed by atoms with van der Waals surface area (Å²) in [6.07, 6.45) is -0.557. The van der Waals surface area contributed by atoms with Crippen molar-refractivity contribution in [2.75, 3.05) is 41.1 Å². The minimum atomic E-state index is -0.731. The normalized spacial score (nSPS) is 19.8. The zero-order valence-electron chi connectivity index (χ0n) is 16.7. The Balaban J connectivity index is 1.99. The van der Waals surface area contributed by atoms with Gasteiger partial charge in [0.2, 0.25) is 0 Å². The van der Waals surface area contributed by atoms with Gasteiger partial charge in [-0.1, -0.05) is 6.07 Å². The maximum absolute atomic E-state index is 14.7. The number of nitrogens with zero attached hydrogens (tertiary/aromatic N) is 1. The van der Waals surface area contributed by atoms with Gasteiger partial charge in [-0.2, -0.15) is 0 Å². The molecule has 0 unspecified atom stereocenters. The molecule has 1 aliphatic heterocycles. The van der Waals surface area contributed by atoms with Crippen molar-refractivity contribution in [1.82, 2.24) is 4.90 Å². The molecule has 0 aromatic heterocycles. The monoisotopic (exact) mass is 409 g/mol. The fraction of sp³-hybridized carbons (Fsp3) is 0.429. The quantitative estimate of drug-likeness (QED) is 0.759. The topological polar surface area (TPSA) is 60.4 Å². The molecule has 8 heteroatoms. The van der Waals surface area contributed by atoms with Gasteiger partial charge in [-0.05, 0) is 29.8 Å². The van der Waals surface area contributed by atoms with E-state index in [1.54, 1.807) is 19.2 Å². The van der Waals surface area contributed by atoms with Crippen molar-refractivity contribution in [3.8, 4) is 17.2 Å². The standard InChI is InChI=1S/C21H25F2NO5/c1-26-16-6-4-13(10-18(16)28-3)21-19(12-25)29-9-8-24(21)11-14-15(22)5-7-17(27-2)20(14)23/h4-7,10,19,21,25H,8-9,11-12H2,1-3H3/t19-,21-/m1/s1. The summed E-state index contributed by atoms with van der Waals surface area (Å²) < 4.78 is 50.5. The van der Waals surface area contributed by atoms with Gasteiger partial charge < -0.3 is 24.1 Å². The number of halogens is 2. The van der Waals surface area contributed by atoms with E-state index in [4.69, 9.17) is 18.9 Å². The number of rotatable bonds is 7. The van der Waals surface area contributed by atoms with E-state index >= 15 is 0 Å². The van der Waals surface area contributed by atoms with E-state index in [1.165, 1.54) is 26.4 Å². The molecule has 0 bridgehead atoms. The average molecular weight is 409 g/mol. The van der Waals surface area contributed by atoms with Crippen LogP contribution in [0.1, 0.15) is 17.2 Å². The van der Waals surface area contributed by atoms with Gasteiger partial charge in [0.15, 0.2) is 23.1 Å². The van der Waals surface area contributed by atoms with E-state index in [2.05, 4.69) is 0 Å². The third kappa shape index (κ3) is 4.29. The van der Waals surface area contributed by atoms with Gasteiger partial charge in [0.1, 0.15) is 11.9 Å². The van der Waals surface area contributed by atoms with Crippen LogP contribution in [0.25, 0.3) is 0 Å². The molecule has 0 radical (unpaired) electrons. The van der Waals surface area contributed by atoms with E-state index in [9.17, 15) is 13.9 Å². The van der Waals surface area contributed by atoms with Gasteiger partial charge in [0, 0.05) is 18.7 Å². The molecule has 2 aromatic carbocycles. The summed E-state index contributed by atoms with van der Waals surface area (Å²) in [7, 11) is 4.41. The van der Waals surface area contributed by atoms with Crippen molar-refractivity contribution in [2.45, 2.75) is 18.7 Å². The molecule has 6 nitrogen and oxygen atoms in total. The largest absolute Gasteiger partial charge is 0.494 e. The lowest BCUT2D eigenvalue weighted by molar-refractivity contribution is -0.0965. The van der Waals surface area contributed by atoms with Crippen LogP contribution in [-0.4, -0.2) is 57.2 Å². The number of hydrogen-bond donors (Lipinski definition) is 1. The van der Waals surface area contributed by atoms with Crippen LogP contribution in [0.4, 0.5) is 8.78 Å². The molecule has 3 rings (SSSR count). The summed E-state index contributed by atoms with van der Waals surface area (Å²) in [4.78, 5) is 1.88. The van der Waals surface area contributed by atoms with Crippen LogP contribution >= 0.6 is 0 Å². The predicted octanol–water partition coefficient (Wildman–Crippen LogP) is 2.93. The van der Waals surface area contributed by atoms with E-state index in [-0.39, 0.29) is 24.5 Å². The summed E-state index contributed by atoms with van der Waals surface area (Å²) in [6, 6.07) is 7.38. The van der Waals surface area contributed by atoms with Crippen molar-refractivity contribution in [2.24, 2.45) is 0 Å². The second-order valence-corrected chi connectivity index (χ2v) is 6.66. The SMILES string of the molecule is COc1ccc([C@@H]2[C@@H](CO)OCCN2Cc2c(F)ccc(OC)c2F)cc1OC. The van der Waals surface area contributed by atoms with E-state index in [1.807, 2.05) is 11.0 Å². The lowest BCUT2D eigenvalue weighted by Gasteiger charge is -2.41. The third-order valence-electron chi connectivity index (χ3n) is 5.12. The first-order valence-corrected chi connectivity index (χ1v) is 9.23. The number of aliphatic hydroxyl groups excluding tert-OH is 1. The fourth-order valence-corrected chi connectivity index (χ4v) is 3.66. The van der Waals surface area contributed by atoms with Crippen LogP contribution in [-0.2, 0) is 11.3 Å². The number of methoxy groups -OCH3 is 3. The first-order valence-electron chi connectivity index (χ1n) is 9.23. The fourth-order valence-electron chi connectivity index (χ4n) is 3.66. The molecule has 0 saturated carbocycles. The Hall–Kier alpha value is -2.42. The molecule has 1 aliphatic rings. The zero-order chi connectivity index (χ0) is 21.0. The highest BCUT2D eigenvalue weighted by atomic mass is 19.1. The van der Waals surface area contributed by atoms with Gasteiger partial charge in [0.05, 0.1) is 40.6 Å². The molecule has 2 atom stereocenters. The molecule has 0 aliphatic carbocycles. The van der Waals surface area contributed by atoms with Crippen molar-refractivity contribution in [3.05, 3.63) is 53.1 Å². The Labute approximate surface area is 168 Å². The van der Waals surface area contributed by atoms with Crippen LogP contribution in [0.15, 0.2) is 30.3 Å². The number of morpholine rings is 1. The van der Waals surface area contributed by atoms with Crippen LogP contribution in [0.3, 0.4) is 0 Å². The Morgan fingerprint density at radius 1 is 1.03 bits per heavy atom. The van der Waals surface area contributed by atoms with Gasteiger partial charge in [-0.3, -0.25) is 4.90 Å². The second-order valence-electron chi connectivity index (χ2n) is 6.66. The van der Waals surface area contributed by atoms with Crippen LogP contribution in [0.2, 0.25) is 0 Å². The van der Waals surface area contributed by atoms with Crippen molar-refractivity contribution in [1.29, 1.82) is 0 Å². The molecule has 1 fully saturated rings. The van der Waals surface area contributed by atoms with Gasteiger partial charge >= 0.3 is 0 Å². The Morgan fingerprint density at radius 2 is 1.72 bits per heavy atom. The zero-order valence-corrected chi connectivity index (χ0v) is 16.7. The van der Waals surface area contributed by atoms with Gasteiger partial charge in [-0.25, -0.2) is 8.78 Å². The van der Waals surface area contributed by atoms with Gasteiger partial charge in [-0.15, -0.1) is 0 Å². The van der Waals surface area contributed by atoms with Gasteiger partial charge in [0.25, 0.3) is 0 Å². The molecule has 158 valence electrons. The first-order chi connectivity index (χ1) is 14.0. The Bertz CT molecular complexity index is 848. The lowest BCUT2D eigenvalue weighted by atomic mass is 9.97. The highest BCUT2D eigenvalue weighted by molar-refractivity contribution is 5.44. The Morgan fingerprint density at radius 3 is 2.38 bits per heavy atom. The van der Waals surface area contributed by atoms with Crippen LogP contribution in [0.5, 0.6) is 17.2 Å². The molecule has 1 N–H and O–H groups in total. The molecule has 29 heavy (non-hydrogen) atoms. The first kappa shape index (κ1) is 21.3. The van der Waals surface area contributed by atoms with E-state index < -0.39 is 23.8 Å². The lowest BCUT2D eigenvalue weighted by Crippen LogP contribution is -2.46. The van der Waals surface area contributed by atoms with E-state index in [0.29, 0.717) is 24.7 Å². The molecule has 2 aromatic rings. The average Bonchev–Trinajstić information content (AvgIpc) is 2.75. The minimum absolute atomic E-state index is 0.00621. The molecule has 1 heterocycles. The van der Waals surface area contributed by atoms with E-state index in [0.717, 1.165) is 5.56 Å². The molecular formula is C21H25F2NO5.